The highest BCUT2D eigenvalue weighted by molar-refractivity contribution is 7.15. The molecule has 98 valence electrons. The average molecular weight is 276 g/mol. The summed E-state index contributed by atoms with van der Waals surface area (Å²) in [5, 5.41) is 3.38. The zero-order valence-electron chi connectivity index (χ0n) is 10.4. The second kappa shape index (κ2) is 5.75. The Hall–Kier alpha value is -2.01. The Morgan fingerprint density at radius 2 is 2.26 bits per heavy atom. The van der Waals surface area contributed by atoms with Gasteiger partial charge in [0.25, 0.3) is 5.91 Å². The van der Waals surface area contributed by atoms with Crippen LogP contribution in [0.5, 0.6) is 0 Å². The molecule has 1 aromatic heterocycles. The summed E-state index contributed by atoms with van der Waals surface area (Å²) in [4.78, 5) is 16.7. The third kappa shape index (κ3) is 2.88. The molecule has 5 heteroatoms. The van der Waals surface area contributed by atoms with Crippen molar-refractivity contribution in [3.63, 3.8) is 0 Å². The van der Waals surface area contributed by atoms with Crippen LogP contribution in [0.2, 0.25) is 0 Å². The minimum atomic E-state index is -0.357. The summed E-state index contributed by atoms with van der Waals surface area (Å²) in [5.74, 6) is -0.675. The van der Waals surface area contributed by atoms with Crippen LogP contribution in [0.15, 0.2) is 36.9 Å². The van der Waals surface area contributed by atoms with E-state index in [9.17, 15) is 9.18 Å². The Balaban J connectivity index is 2.44. The molecule has 0 bridgehead atoms. The minimum absolute atomic E-state index is 0.259. The zero-order chi connectivity index (χ0) is 13.8. The topological polar surface area (TPSA) is 42.0 Å². The number of carbonyl (C=O) groups excluding carboxylic acids is 1. The molecule has 19 heavy (non-hydrogen) atoms. The van der Waals surface area contributed by atoms with Crippen LogP contribution in [0.25, 0.3) is 10.4 Å². The van der Waals surface area contributed by atoms with Crippen molar-refractivity contribution in [2.24, 2.45) is 0 Å². The lowest BCUT2D eigenvalue weighted by molar-refractivity contribution is 0.0954. The van der Waals surface area contributed by atoms with E-state index in [1.807, 2.05) is 0 Å². The van der Waals surface area contributed by atoms with Gasteiger partial charge in [0.05, 0.1) is 9.88 Å². The fourth-order valence-electron chi connectivity index (χ4n) is 1.66. The minimum Gasteiger partial charge on any atom is -0.347 e. The van der Waals surface area contributed by atoms with Gasteiger partial charge < -0.3 is 5.32 Å². The molecule has 2 aromatic rings. The highest BCUT2D eigenvalue weighted by atomic mass is 32.1. The molecule has 0 aliphatic heterocycles. The van der Waals surface area contributed by atoms with E-state index in [2.05, 4.69) is 16.9 Å². The first kappa shape index (κ1) is 13.4. The molecule has 2 rings (SSSR count). The van der Waals surface area contributed by atoms with Crippen LogP contribution in [0.1, 0.15) is 15.5 Å². The molecule has 1 amide bonds. The van der Waals surface area contributed by atoms with Crippen molar-refractivity contribution in [1.29, 1.82) is 0 Å². The van der Waals surface area contributed by atoms with Crippen LogP contribution in [0.4, 0.5) is 4.39 Å². The van der Waals surface area contributed by atoms with Gasteiger partial charge in [-0.3, -0.25) is 4.79 Å². The van der Waals surface area contributed by atoms with Crippen molar-refractivity contribution in [2.45, 2.75) is 6.92 Å². The number of hydrogen-bond acceptors (Lipinski definition) is 3. The fourth-order valence-corrected chi connectivity index (χ4v) is 2.60. The Morgan fingerprint density at radius 3 is 2.95 bits per heavy atom. The van der Waals surface area contributed by atoms with Crippen molar-refractivity contribution >= 4 is 17.2 Å². The summed E-state index contributed by atoms with van der Waals surface area (Å²) in [6.45, 7) is 5.68. The van der Waals surface area contributed by atoms with Crippen molar-refractivity contribution in [1.82, 2.24) is 10.3 Å². The zero-order valence-corrected chi connectivity index (χ0v) is 11.3. The first-order valence-corrected chi connectivity index (χ1v) is 6.56. The third-order valence-corrected chi connectivity index (χ3v) is 3.48. The normalized spacial score (nSPS) is 10.2. The lowest BCUT2D eigenvalue weighted by Gasteiger charge is -2.04. The molecular weight excluding hydrogens is 263 g/mol. The quantitative estimate of drug-likeness (QED) is 0.871. The molecule has 0 aliphatic rings. The van der Waals surface area contributed by atoms with Gasteiger partial charge in [-0.2, -0.15) is 0 Å². The molecule has 1 aromatic carbocycles. The van der Waals surface area contributed by atoms with Gasteiger partial charge in [-0.05, 0) is 13.0 Å². The monoisotopic (exact) mass is 276 g/mol. The summed E-state index contributed by atoms with van der Waals surface area (Å²) in [7, 11) is 0. The number of halogens is 1. The SMILES string of the molecule is C=CCNC(=O)c1nc(C)sc1-c1ccccc1F. The maximum absolute atomic E-state index is 13.8. The molecule has 0 fully saturated rings. The van der Waals surface area contributed by atoms with Crippen LogP contribution in [0, 0.1) is 12.7 Å². The number of nitrogens with one attached hydrogen (secondary N) is 1. The number of aryl methyl sites for hydroxylation is 1. The fraction of sp³-hybridized carbons (Fsp3) is 0.143. The standard InChI is InChI=1S/C14H13FN2OS/c1-3-8-16-14(18)12-13(19-9(2)17-12)10-6-4-5-7-11(10)15/h3-7H,1,8H2,2H3,(H,16,18). The maximum Gasteiger partial charge on any atom is 0.271 e. The number of carbonyl (C=O) groups is 1. The molecule has 0 unspecified atom stereocenters. The number of rotatable bonds is 4. The van der Waals surface area contributed by atoms with E-state index >= 15 is 0 Å². The van der Waals surface area contributed by atoms with Crippen LogP contribution in [-0.2, 0) is 0 Å². The summed E-state index contributed by atoms with van der Waals surface area (Å²) in [5.41, 5.74) is 0.659. The number of nitrogens with zero attached hydrogens (tertiary/aromatic N) is 1. The molecule has 0 radical (unpaired) electrons. The van der Waals surface area contributed by atoms with Crippen LogP contribution in [-0.4, -0.2) is 17.4 Å². The number of hydrogen-bond donors (Lipinski definition) is 1. The first-order valence-electron chi connectivity index (χ1n) is 5.75. The van der Waals surface area contributed by atoms with Crippen molar-refractivity contribution in [3.05, 3.63) is 53.4 Å². The molecule has 0 spiro atoms. The molecular formula is C14H13FN2OS. The number of thiazole rings is 1. The Kier molecular flexibility index (Phi) is 4.06. The highest BCUT2D eigenvalue weighted by Gasteiger charge is 2.19. The van der Waals surface area contributed by atoms with Crippen molar-refractivity contribution in [2.75, 3.05) is 6.54 Å². The van der Waals surface area contributed by atoms with E-state index in [1.165, 1.54) is 17.4 Å². The number of amides is 1. The van der Waals surface area contributed by atoms with Gasteiger partial charge >= 0.3 is 0 Å². The largest absolute Gasteiger partial charge is 0.347 e. The highest BCUT2D eigenvalue weighted by Crippen LogP contribution is 2.31. The van der Waals surface area contributed by atoms with E-state index < -0.39 is 0 Å². The summed E-state index contributed by atoms with van der Waals surface area (Å²) in [6, 6.07) is 6.37. The second-order valence-electron chi connectivity index (χ2n) is 3.89. The number of aromatic nitrogens is 1. The van der Waals surface area contributed by atoms with Gasteiger partial charge in [0.2, 0.25) is 0 Å². The molecule has 0 atom stereocenters. The predicted octanol–water partition coefficient (Wildman–Crippen LogP) is 3.17. The first-order chi connectivity index (χ1) is 9.13. The van der Waals surface area contributed by atoms with Gasteiger partial charge in [0.1, 0.15) is 11.5 Å². The van der Waals surface area contributed by atoms with E-state index in [0.29, 0.717) is 17.0 Å². The smallest absolute Gasteiger partial charge is 0.271 e. The third-order valence-electron chi connectivity index (χ3n) is 2.47. The van der Waals surface area contributed by atoms with Crippen LogP contribution >= 0.6 is 11.3 Å². The second-order valence-corrected chi connectivity index (χ2v) is 5.09. The van der Waals surface area contributed by atoms with Crippen LogP contribution in [0.3, 0.4) is 0 Å². The summed E-state index contributed by atoms with van der Waals surface area (Å²) < 4.78 is 13.8. The number of benzene rings is 1. The molecule has 0 saturated carbocycles. The molecule has 1 heterocycles. The lowest BCUT2D eigenvalue weighted by atomic mass is 10.1. The maximum atomic E-state index is 13.8. The van der Waals surface area contributed by atoms with Gasteiger partial charge in [-0.15, -0.1) is 17.9 Å². The molecule has 0 saturated heterocycles. The lowest BCUT2D eigenvalue weighted by Crippen LogP contribution is -2.24. The van der Waals surface area contributed by atoms with Gasteiger partial charge in [-0.1, -0.05) is 24.3 Å². The van der Waals surface area contributed by atoms with Gasteiger partial charge in [0, 0.05) is 12.1 Å². The molecule has 1 N–H and O–H groups in total. The van der Waals surface area contributed by atoms with E-state index in [0.717, 1.165) is 5.01 Å². The van der Waals surface area contributed by atoms with Crippen LogP contribution < -0.4 is 5.32 Å². The summed E-state index contributed by atoms with van der Waals surface area (Å²) in [6.07, 6.45) is 1.58. The van der Waals surface area contributed by atoms with E-state index in [1.54, 1.807) is 31.2 Å². The average Bonchev–Trinajstić information content (AvgIpc) is 2.78. The Bertz CT molecular complexity index is 622. The van der Waals surface area contributed by atoms with Gasteiger partial charge in [0.15, 0.2) is 0 Å². The predicted molar refractivity (Wildman–Crippen MR) is 74.8 cm³/mol. The van der Waals surface area contributed by atoms with Gasteiger partial charge in [-0.25, -0.2) is 9.37 Å². The van der Waals surface area contributed by atoms with E-state index in [-0.39, 0.29) is 17.4 Å². The van der Waals surface area contributed by atoms with Crippen molar-refractivity contribution in [3.8, 4) is 10.4 Å². The Labute approximate surface area is 114 Å². The van der Waals surface area contributed by atoms with E-state index in [4.69, 9.17) is 0 Å². The molecule has 0 aliphatic carbocycles. The summed E-state index contributed by atoms with van der Waals surface area (Å²) >= 11 is 1.31. The molecule has 3 nitrogen and oxygen atoms in total. The Morgan fingerprint density at radius 1 is 1.53 bits per heavy atom. The van der Waals surface area contributed by atoms with Crippen molar-refractivity contribution < 1.29 is 9.18 Å².